The summed E-state index contributed by atoms with van der Waals surface area (Å²) in [7, 11) is 0. The van der Waals surface area contributed by atoms with Crippen molar-refractivity contribution >= 4 is 11.7 Å². The first-order valence-electron chi connectivity index (χ1n) is 7.61. The normalized spacial score (nSPS) is 11.4. The number of aromatic nitrogens is 1. The number of benzene rings is 2. The fraction of sp³-hybridized carbons (Fsp3) is 0.105. The second-order valence-electron chi connectivity index (χ2n) is 5.36. The highest BCUT2D eigenvalue weighted by Gasteiger charge is 2.23. The molecule has 3 rings (SSSR count). The van der Waals surface area contributed by atoms with Crippen molar-refractivity contribution in [3.63, 3.8) is 0 Å². The van der Waals surface area contributed by atoms with Gasteiger partial charge in [-0.3, -0.25) is 4.79 Å². The Balaban J connectivity index is 1.84. The van der Waals surface area contributed by atoms with Crippen LogP contribution >= 0.6 is 0 Å². The number of nitrogens with one attached hydrogen (secondary N) is 1. The summed E-state index contributed by atoms with van der Waals surface area (Å²) in [6, 6.07) is 19.4. The van der Waals surface area contributed by atoms with E-state index in [1.807, 2.05) is 36.4 Å². The van der Waals surface area contributed by atoms with Crippen LogP contribution in [0.4, 0.5) is 5.82 Å². The second-order valence-corrected chi connectivity index (χ2v) is 5.36. The van der Waals surface area contributed by atoms with E-state index in [4.69, 9.17) is 14.5 Å². The number of rotatable bonds is 5. The van der Waals surface area contributed by atoms with Gasteiger partial charge in [-0.05, 0) is 31.2 Å². The Morgan fingerprint density at radius 1 is 1.20 bits per heavy atom. The van der Waals surface area contributed by atoms with Gasteiger partial charge in [0.2, 0.25) is 6.10 Å². The van der Waals surface area contributed by atoms with Gasteiger partial charge in [-0.2, -0.15) is 5.26 Å². The highest BCUT2D eigenvalue weighted by Crippen LogP contribution is 2.24. The van der Waals surface area contributed by atoms with Gasteiger partial charge in [0.05, 0.1) is 11.6 Å². The number of aryl methyl sites for hydroxylation is 1. The van der Waals surface area contributed by atoms with Crippen molar-refractivity contribution in [2.45, 2.75) is 13.0 Å². The van der Waals surface area contributed by atoms with Gasteiger partial charge >= 0.3 is 0 Å². The molecule has 0 unspecified atom stereocenters. The summed E-state index contributed by atoms with van der Waals surface area (Å²) in [6.45, 7) is 1.74. The van der Waals surface area contributed by atoms with Gasteiger partial charge in [-0.15, -0.1) is 0 Å². The molecule has 124 valence electrons. The predicted octanol–water partition coefficient (Wildman–Crippen LogP) is 3.61. The third kappa shape index (κ3) is 4.03. The molecule has 0 aliphatic heterocycles. The van der Waals surface area contributed by atoms with E-state index in [2.05, 4.69) is 10.5 Å². The van der Waals surface area contributed by atoms with Crippen LogP contribution in [0.15, 0.2) is 65.2 Å². The lowest BCUT2D eigenvalue weighted by Gasteiger charge is -2.18. The average Bonchev–Trinajstić information content (AvgIpc) is 3.05. The van der Waals surface area contributed by atoms with E-state index in [1.165, 1.54) is 0 Å². The molecule has 1 heterocycles. The minimum Gasteiger partial charge on any atom is -0.476 e. The molecule has 3 aromatic rings. The number of nitriles is 1. The van der Waals surface area contributed by atoms with Crippen molar-refractivity contribution in [3.05, 3.63) is 77.6 Å². The Morgan fingerprint density at radius 2 is 1.92 bits per heavy atom. The molecule has 2 aromatic carbocycles. The Kier molecular flexibility index (Phi) is 4.77. The van der Waals surface area contributed by atoms with Crippen LogP contribution < -0.4 is 10.1 Å². The molecule has 1 aromatic heterocycles. The van der Waals surface area contributed by atoms with Crippen LogP contribution in [0.5, 0.6) is 5.75 Å². The molecule has 1 amide bonds. The molecule has 25 heavy (non-hydrogen) atoms. The first-order chi connectivity index (χ1) is 12.2. The monoisotopic (exact) mass is 333 g/mol. The van der Waals surface area contributed by atoms with Gasteiger partial charge in [-0.1, -0.05) is 35.5 Å². The number of nitrogens with zero attached hydrogens (tertiary/aromatic N) is 2. The first-order valence-corrected chi connectivity index (χ1v) is 7.61. The molecule has 0 spiro atoms. The number of hydrogen-bond donors (Lipinski definition) is 1. The van der Waals surface area contributed by atoms with Crippen molar-refractivity contribution in [2.24, 2.45) is 0 Å². The molecule has 6 heteroatoms. The topological polar surface area (TPSA) is 88.1 Å². The number of ether oxygens (including phenoxy) is 1. The molecule has 0 bridgehead atoms. The Labute approximate surface area is 144 Å². The zero-order chi connectivity index (χ0) is 17.6. The summed E-state index contributed by atoms with van der Waals surface area (Å²) in [4.78, 5) is 12.7. The van der Waals surface area contributed by atoms with Gasteiger partial charge in [-0.25, -0.2) is 0 Å². The van der Waals surface area contributed by atoms with Gasteiger partial charge in [0.15, 0.2) is 5.82 Å². The average molecular weight is 333 g/mol. The van der Waals surface area contributed by atoms with Gasteiger partial charge in [0.25, 0.3) is 5.91 Å². The number of carbonyl (C=O) groups excluding carboxylic acids is 1. The summed E-state index contributed by atoms with van der Waals surface area (Å²) < 4.78 is 10.8. The molecular formula is C19H15N3O3. The minimum absolute atomic E-state index is 0.326. The van der Waals surface area contributed by atoms with Crippen molar-refractivity contribution in [3.8, 4) is 11.8 Å². The lowest BCUT2D eigenvalue weighted by molar-refractivity contribution is -0.123. The van der Waals surface area contributed by atoms with E-state index in [1.54, 1.807) is 37.3 Å². The van der Waals surface area contributed by atoms with Gasteiger partial charge < -0.3 is 14.6 Å². The summed E-state index contributed by atoms with van der Waals surface area (Å²) in [5.41, 5.74) is 1.22. The van der Waals surface area contributed by atoms with E-state index >= 15 is 0 Å². The van der Waals surface area contributed by atoms with E-state index in [0.29, 0.717) is 28.5 Å². The Bertz CT molecular complexity index is 896. The maximum absolute atomic E-state index is 12.7. The van der Waals surface area contributed by atoms with Crippen molar-refractivity contribution < 1.29 is 14.1 Å². The van der Waals surface area contributed by atoms with E-state index in [0.717, 1.165) is 0 Å². The highest BCUT2D eigenvalue weighted by molar-refractivity contribution is 5.94. The van der Waals surface area contributed by atoms with Crippen LogP contribution in [-0.4, -0.2) is 11.1 Å². The number of hydrogen-bond acceptors (Lipinski definition) is 5. The van der Waals surface area contributed by atoms with Gasteiger partial charge in [0.1, 0.15) is 11.5 Å². The van der Waals surface area contributed by atoms with Crippen molar-refractivity contribution in [1.82, 2.24) is 5.16 Å². The fourth-order valence-electron chi connectivity index (χ4n) is 2.26. The van der Waals surface area contributed by atoms with Crippen molar-refractivity contribution in [2.75, 3.05) is 5.32 Å². The lowest BCUT2D eigenvalue weighted by atomic mass is 10.1. The third-order valence-electron chi connectivity index (χ3n) is 3.46. The molecular weight excluding hydrogens is 318 g/mol. The van der Waals surface area contributed by atoms with Crippen molar-refractivity contribution in [1.29, 1.82) is 5.26 Å². The molecule has 0 aliphatic carbocycles. The number of anilines is 1. The molecule has 0 saturated carbocycles. The number of amides is 1. The SMILES string of the molecule is Cc1cc(NC(=O)[C@H](Oc2ccc(C#N)cc2)c2ccccc2)no1. The fourth-order valence-corrected chi connectivity index (χ4v) is 2.26. The molecule has 0 aliphatic rings. The summed E-state index contributed by atoms with van der Waals surface area (Å²) in [5, 5.41) is 15.3. The smallest absolute Gasteiger partial charge is 0.271 e. The van der Waals surface area contributed by atoms with Crippen LogP contribution in [0.2, 0.25) is 0 Å². The molecule has 1 N–H and O–H groups in total. The largest absolute Gasteiger partial charge is 0.476 e. The van der Waals surface area contributed by atoms with E-state index in [-0.39, 0.29) is 5.91 Å². The van der Waals surface area contributed by atoms with Gasteiger partial charge in [0, 0.05) is 11.6 Å². The Morgan fingerprint density at radius 3 is 2.52 bits per heavy atom. The maximum Gasteiger partial charge on any atom is 0.271 e. The molecule has 0 saturated heterocycles. The third-order valence-corrected chi connectivity index (χ3v) is 3.46. The minimum atomic E-state index is -0.869. The molecule has 0 fully saturated rings. The lowest BCUT2D eigenvalue weighted by Crippen LogP contribution is -2.25. The summed E-state index contributed by atoms with van der Waals surface area (Å²) in [6.07, 6.45) is -0.869. The maximum atomic E-state index is 12.7. The van der Waals surface area contributed by atoms with E-state index < -0.39 is 6.10 Å². The standard InChI is InChI=1S/C19H15N3O3/c1-13-11-17(22-25-13)21-19(23)18(15-5-3-2-4-6-15)24-16-9-7-14(12-20)8-10-16/h2-11,18H,1H3,(H,21,22,23)/t18-/m1/s1. The summed E-state index contributed by atoms with van der Waals surface area (Å²) >= 11 is 0. The Hall–Kier alpha value is -3.59. The molecule has 1 atom stereocenters. The zero-order valence-electron chi connectivity index (χ0n) is 13.5. The number of carbonyl (C=O) groups is 1. The summed E-state index contributed by atoms with van der Waals surface area (Å²) in [5.74, 6) is 1.04. The predicted molar refractivity (Wildman–Crippen MR) is 90.8 cm³/mol. The van der Waals surface area contributed by atoms with E-state index in [9.17, 15) is 4.79 Å². The first kappa shape index (κ1) is 16.3. The van der Waals surface area contributed by atoms with Crippen LogP contribution in [0.1, 0.15) is 23.0 Å². The molecule has 0 radical (unpaired) electrons. The van der Waals surface area contributed by atoms with Crippen LogP contribution in [0.3, 0.4) is 0 Å². The second kappa shape index (κ2) is 7.32. The van der Waals surface area contributed by atoms with Crippen LogP contribution in [0, 0.1) is 18.3 Å². The quantitative estimate of drug-likeness (QED) is 0.770. The molecule has 6 nitrogen and oxygen atoms in total. The highest BCUT2D eigenvalue weighted by atomic mass is 16.5. The van der Waals surface area contributed by atoms with Crippen LogP contribution in [0.25, 0.3) is 0 Å². The zero-order valence-corrected chi connectivity index (χ0v) is 13.5. The van der Waals surface area contributed by atoms with Crippen LogP contribution in [-0.2, 0) is 4.79 Å².